The Hall–Kier alpha value is -4.50. The largest absolute Gasteiger partial charge is 0.465 e. The van der Waals surface area contributed by atoms with E-state index in [0.717, 1.165) is 16.9 Å². The van der Waals surface area contributed by atoms with Gasteiger partial charge in [-0.1, -0.05) is 36.4 Å². The van der Waals surface area contributed by atoms with Gasteiger partial charge >= 0.3 is 5.97 Å². The number of amides is 1. The van der Waals surface area contributed by atoms with Gasteiger partial charge in [-0.15, -0.1) is 0 Å². The van der Waals surface area contributed by atoms with Gasteiger partial charge in [0.15, 0.2) is 5.11 Å². The van der Waals surface area contributed by atoms with Gasteiger partial charge in [0, 0.05) is 30.4 Å². The highest BCUT2D eigenvalue weighted by Gasteiger charge is 2.41. The molecular formula is C30H28N4O4S. The molecule has 0 spiro atoms. The highest BCUT2D eigenvalue weighted by Crippen LogP contribution is 2.41. The maximum Gasteiger partial charge on any atom is 0.338 e. The van der Waals surface area contributed by atoms with Gasteiger partial charge in [-0.05, 0) is 67.2 Å². The molecule has 2 aromatic heterocycles. The number of benzene rings is 2. The van der Waals surface area contributed by atoms with Crippen molar-refractivity contribution >= 4 is 34.9 Å². The fourth-order valence-electron chi connectivity index (χ4n) is 4.77. The van der Waals surface area contributed by atoms with Crippen LogP contribution in [-0.2, 0) is 9.53 Å². The number of methoxy groups -OCH3 is 1. The van der Waals surface area contributed by atoms with Gasteiger partial charge in [0.1, 0.15) is 17.6 Å². The molecule has 0 saturated carbocycles. The van der Waals surface area contributed by atoms with E-state index in [1.165, 1.54) is 7.11 Å². The van der Waals surface area contributed by atoms with Crippen molar-refractivity contribution in [2.45, 2.75) is 25.4 Å². The van der Waals surface area contributed by atoms with E-state index in [2.05, 4.69) is 15.6 Å². The number of hydrogen-bond donors (Lipinski definition) is 2. The van der Waals surface area contributed by atoms with E-state index in [1.807, 2.05) is 78.6 Å². The normalized spacial score (nSPS) is 16.6. The van der Waals surface area contributed by atoms with Gasteiger partial charge in [0.2, 0.25) is 5.91 Å². The molecule has 1 amide bonds. The maximum absolute atomic E-state index is 12.8. The summed E-state index contributed by atoms with van der Waals surface area (Å²) >= 11 is 5.72. The van der Waals surface area contributed by atoms with Gasteiger partial charge in [-0.2, -0.15) is 0 Å². The van der Waals surface area contributed by atoms with E-state index in [0.29, 0.717) is 34.3 Å². The molecule has 0 aliphatic carbocycles. The Morgan fingerprint density at radius 2 is 1.90 bits per heavy atom. The lowest BCUT2D eigenvalue weighted by Crippen LogP contribution is -2.32. The van der Waals surface area contributed by atoms with Crippen LogP contribution in [0.1, 0.15) is 45.9 Å². The number of aryl methyl sites for hydroxylation is 1. The average Bonchev–Trinajstić information content (AvgIpc) is 3.56. The molecule has 198 valence electrons. The summed E-state index contributed by atoms with van der Waals surface area (Å²) in [5, 5.41) is 6.83. The summed E-state index contributed by atoms with van der Waals surface area (Å²) in [5.41, 5.74) is 3.65. The molecule has 1 saturated heterocycles. The monoisotopic (exact) mass is 540 g/mol. The summed E-state index contributed by atoms with van der Waals surface area (Å²) in [6, 6.07) is 23.6. The molecule has 4 aromatic rings. The zero-order valence-corrected chi connectivity index (χ0v) is 22.4. The summed E-state index contributed by atoms with van der Waals surface area (Å²) < 4.78 is 11.3. The Morgan fingerprint density at radius 1 is 1.08 bits per heavy atom. The predicted octanol–water partition coefficient (Wildman–Crippen LogP) is 5.44. The molecule has 8 nitrogen and oxygen atoms in total. The fourth-order valence-corrected chi connectivity index (χ4v) is 5.10. The van der Waals surface area contributed by atoms with Crippen LogP contribution in [0, 0.1) is 6.92 Å². The fraction of sp³-hybridized carbons (Fsp3) is 0.200. The third-order valence-electron chi connectivity index (χ3n) is 6.60. The van der Waals surface area contributed by atoms with Crippen LogP contribution in [0.3, 0.4) is 0 Å². The number of esters is 1. The second-order valence-electron chi connectivity index (χ2n) is 9.23. The number of carbonyl (C=O) groups is 2. The Kier molecular flexibility index (Phi) is 7.69. The minimum atomic E-state index is -0.445. The predicted molar refractivity (Wildman–Crippen MR) is 152 cm³/mol. The van der Waals surface area contributed by atoms with Crippen LogP contribution in [-0.4, -0.2) is 40.5 Å². The number of anilines is 1. The van der Waals surface area contributed by atoms with E-state index in [9.17, 15) is 9.59 Å². The van der Waals surface area contributed by atoms with Crippen LogP contribution in [0.25, 0.3) is 11.3 Å². The van der Waals surface area contributed by atoms with Crippen LogP contribution in [0.2, 0.25) is 0 Å². The Labute approximate surface area is 232 Å². The Balaban J connectivity index is 1.43. The highest BCUT2D eigenvalue weighted by atomic mass is 32.1. The molecule has 2 atom stereocenters. The number of nitrogens with zero attached hydrogens (tertiary/aromatic N) is 2. The van der Waals surface area contributed by atoms with Gasteiger partial charge in [-0.3, -0.25) is 9.78 Å². The number of furan rings is 1. The van der Waals surface area contributed by atoms with Crippen molar-refractivity contribution in [3.63, 3.8) is 0 Å². The zero-order chi connectivity index (χ0) is 27.4. The molecule has 0 bridgehead atoms. The lowest BCUT2D eigenvalue weighted by molar-refractivity contribution is -0.116. The van der Waals surface area contributed by atoms with Crippen LogP contribution in [0.4, 0.5) is 5.69 Å². The first-order valence-electron chi connectivity index (χ1n) is 12.6. The van der Waals surface area contributed by atoms with Crippen molar-refractivity contribution in [1.29, 1.82) is 0 Å². The molecule has 0 radical (unpaired) electrons. The Morgan fingerprint density at radius 3 is 2.67 bits per heavy atom. The first-order valence-corrected chi connectivity index (χ1v) is 13.0. The topological polar surface area (TPSA) is 96.7 Å². The SMILES string of the molecule is COC(=O)c1ccccc1-c1ccc([C@H]2[C@H](c3ccccn3)NC(=S)N2CCC(=O)Nc2cccc(C)c2)o1. The van der Waals surface area contributed by atoms with E-state index in [1.54, 1.807) is 18.3 Å². The molecule has 39 heavy (non-hydrogen) atoms. The average molecular weight is 541 g/mol. The summed E-state index contributed by atoms with van der Waals surface area (Å²) in [5.74, 6) is 0.600. The number of thiocarbonyl (C=S) groups is 1. The number of nitrogens with one attached hydrogen (secondary N) is 2. The highest BCUT2D eigenvalue weighted by molar-refractivity contribution is 7.80. The summed E-state index contributed by atoms with van der Waals surface area (Å²) in [7, 11) is 1.35. The van der Waals surface area contributed by atoms with E-state index in [4.69, 9.17) is 21.4 Å². The number of ether oxygens (including phenoxy) is 1. The molecule has 3 heterocycles. The Bertz CT molecular complexity index is 1500. The zero-order valence-electron chi connectivity index (χ0n) is 21.6. The number of aromatic nitrogens is 1. The van der Waals surface area contributed by atoms with Crippen molar-refractivity contribution in [2.24, 2.45) is 0 Å². The van der Waals surface area contributed by atoms with Gasteiger partial charge < -0.3 is 24.7 Å². The molecule has 9 heteroatoms. The third kappa shape index (κ3) is 5.68. The van der Waals surface area contributed by atoms with Crippen LogP contribution in [0.15, 0.2) is 89.5 Å². The van der Waals surface area contributed by atoms with Gasteiger partial charge in [0.05, 0.1) is 24.4 Å². The van der Waals surface area contributed by atoms with E-state index in [-0.39, 0.29) is 24.4 Å². The van der Waals surface area contributed by atoms with E-state index >= 15 is 0 Å². The minimum Gasteiger partial charge on any atom is -0.465 e. The molecule has 5 rings (SSSR count). The second-order valence-corrected chi connectivity index (χ2v) is 9.61. The second kappa shape index (κ2) is 11.5. The van der Waals surface area contributed by atoms with Gasteiger partial charge in [0.25, 0.3) is 0 Å². The molecular weight excluding hydrogens is 512 g/mol. The third-order valence-corrected chi connectivity index (χ3v) is 6.95. The van der Waals surface area contributed by atoms with E-state index < -0.39 is 5.97 Å². The van der Waals surface area contributed by atoms with Crippen molar-refractivity contribution in [2.75, 3.05) is 19.0 Å². The van der Waals surface area contributed by atoms with Crippen LogP contribution >= 0.6 is 12.2 Å². The smallest absolute Gasteiger partial charge is 0.338 e. The van der Waals surface area contributed by atoms with Crippen molar-refractivity contribution < 1.29 is 18.7 Å². The summed E-state index contributed by atoms with van der Waals surface area (Å²) in [6.07, 6.45) is 1.95. The number of carbonyl (C=O) groups excluding carboxylic acids is 2. The lowest BCUT2D eigenvalue weighted by Gasteiger charge is -2.25. The molecule has 0 unspecified atom stereocenters. The van der Waals surface area contributed by atoms with Crippen molar-refractivity contribution in [3.8, 4) is 11.3 Å². The van der Waals surface area contributed by atoms with Crippen LogP contribution < -0.4 is 10.6 Å². The molecule has 1 aliphatic heterocycles. The quantitative estimate of drug-likeness (QED) is 0.225. The standard InChI is InChI=1S/C30H28N4O4S/c1-19-8-7-9-20(18-19)32-26(35)15-17-34-28(27(33-30(34)39)23-12-5-6-16-31-23)25-14-13-24(38-25)21-10-3-4-11-22(21)29(36)37-2/h3-14,16,18,27-28H,15,17H2,1-2H3,(H,32,35)(H,33,39)/t27-,28-/m0/s1. The first kappa shape index (κ1) is 26.1. The van der Waals surface area contributed by atoms with Crippen molar-refractivity contribution in [3.05, 3.63) is 108 Å². The molecule has 1 aliphatic rings. The van der Waals surface area contributed by atoms with Crippen LogP contribution in [0.5, 0.6) is 0 Å². The summed E-state index contributed by atoms with van der Waals surface area (Å²) in [6.45, 7) is 2.35. The number of pyridine rings is 1. The van der Waals surface area contributed by atoms with Crippen molar-refractivity contribution in [1.82, 2.24) is 15.2 Å². The first-order chi connectivity index (χ1) is 18.9. The number of rotatable bonds is 8. The lowest BCUT2D eigenvalue weighted by atomic mass is 10.0. The molecule has 1 fully saturated rings. The molecule has 2 N–H and O–H groups in total. The van der Waals surface area contributed by atoms with Gasteiger partial charge in [-0.25, -0.2) is 4.79 Å². The molecule has 2 aromatic carbocycles. The summed E-state index contributed by atoms with van der Waals surface area (Å²) in [4.78, 5) is 31.7. The number of hydrogen-bond acceptors (Lipinski definition) is 6. The minimum absolute atomic E-state index is 0.115. The maximum atomic E-state index is 12.8.